The van der Waals surface area contributed by atoms with E-state index in [1.807, 2.05) is 23.1 Å². The third kappa shape index (κ3) is 2.42. The predicted octanol–water partition coefficient (Wildman–Crippen LogP) is 9.04. The lowest BCUT2D eigenvalue weighted by molar-refractivity contribution is 1.17. The van der Waals surface area contributed by atoms with Gasteiger partial charge in [0.1, 0.15) is 0 Å². The van der Waals surface area contributed by atoms with Crippen LogP contribution in [0.3, 0.4) is 0 Å². The fourth-order valence-electron chi connectivity index (χ4n) is 7.82. The molecule has 6 aromatic carbocycles. The van der Waals surface area contributed by atoms with E-state index in [9.17, 15) is 0 Å². The zero-order valence-electron chi connectivity index (χ0n) is 21.8. The van der Waals surface area contributed by atoms with Gasteiger partial charge in [0.15, 0.2) is 0 Å². The molecule has 188 valence electrons. The number of nitrogens with zero attached hydrogens (tertiary/aromatic N) is 2. The number of benzene rings is 6. The summed E-state index contributed by atoms with van der Waals surface area (Å²) in [7, 11) is 0. The highest BCUT2D eigenvalue weighted by atomic mass is 32.2. The number of aromatic nitrogens is 1. The summed E-state index contributed by atoms with van der Waals surface area (Å²) in [5, 5.41) is 6.73. The van der Waals surface area contributed by atoms with Crippen LogP contribution in [0.25, 0.3) is 53.1 Å². The zero-order valence-corrected chi connectivity index (χ0v) is 23.4. The molecule has 0 saturated carbocycles. The fourth-order valence-corrected chi connectivity index (χ4v) is 10.2. The Morgan fingerprint density at radius 2 is 1.39 bits per heavy atom. The minimum Gasteiger partial charge on any atom is -0.367 e. The van der Waals surface area contributed by atoms with Crippen LogP contribution in [0.2, 0.25) is 0 Å². The average molecular weight is 555 g/mol. The molecule has 3 aliphatic heterocycles. The lowest BCUT2D eigenvalue weighted by Gasteiger charge is -2.44. The van der Waals surface area contributed by atoms with Crippen molar-refractivity contribution in [2.24, 2.45) is 0 Å². The minimum absolute atomic E-state index is 0.102. The van der Waals surface area contributed by atoms with E-state index in [4.69, 9.17) is 0 Å². The van der Waals surface area contributed by atoms with Gasteiger partial charge >= 0.3 is 6.85 Å². The van der Waals surface area contributed by atoms with E-state index in [1.165, 1.54) is 90.9 Å². The Morgan fingerprint density at radius 1 is 0.610 bits per heavy atom. The van der Waals surface area contributed by atoms with E-state index in [0.717, 1.165) is 0 Å². The highest BCUT2D eigenvalue weighted by Crippen LogP contribution is 2.55. The van der Waals surface area contributed by atoms with Crippen molar-refractivity contribution < 1.29 is 0 Å². The van der Waals surface area contributed by atoms with Crippen molar-refractivity contribution in [2.75, 3.05) is 4.90 Å². The molecule has 0 bridgehead atoms. The van der Waals surface area contributed by atoms with E-state index in [-0.39, 0.29) is 6.85 Å². The Hall–Kier alpha value is -4.45. The first-order valence-corrected chi connectivity index (χ1v) is 15.7. The molecule has 5 heteroatoms. The molecule has 0 amide bonds. The van der Waals surface area contributed by atoms with E-state index in [2.05, 4.69) is 125 Å². The van der Waals surface area contributed by atoms with Crippen LogP contribution in [0.1, 0.15) is 0 Å². The fraction of sp³-hybridized carbons (Fsp3) is 0. The van der Waals surface area contributed by atoms with Crippen LogP contribution in [0.4, 0.5) is 17.1 Å². The largest absolute Gasteiger partial charge is 0.367 e. The number of hydrogen-bond acceptors (Lipinski definition) is 3. The van der Waals surface area contributed by atoms with Gasteiger partial charge in [-0.05, 0) is 52.2 Å². The summed E-state index contributed by atoms with van der Waals surface area (Å²) >= 11 is 3.84. The molecule has 5 heterocycles. The first kappa shape index (κ1) is 21.3. The van der Waals surface area contributed by atoms with E-state index in [0.29, 0.717) is 0 Å². The summed E-state index contributed by atoms with van der Waals surface area (Å²) in [6.45, 7) is 0.102. The highest BCUT2D eigenvalue weighted by molar-refractivity contribution is 7.99. The Kier molecular flexibility index (Phi) is 3.77. The topological polar surface area (TPSA) is 8.17 Å². The lowest BCUT2D eigenvalue weighted by atomic mass is 9.45. The van der Waals surface area contributed by atoms with E-state index < -0.39 is 0 Å². The summed E-state index contributed by atoms with van der Waals surface area (Å²) < 4.78 is 4.05. The summed E-state index contributed by atoms with van der Waals surface area (Å²) in [6, 6.07) is 43.2. The standard InChI is InChI=1S/C36H19BN2S2/c1-2-10-21-20(9-1)19-25-22-12-7-13-24-31-23-11-3-5-16-28(23)41-36(31)39(33(22)24)37-26-14-8-18-30-35(26)38(34(21)32(25)37)27-15-4-6-17-29(27)40-30/h1-19H. The molecule has 0 radical (unpaired) electrons. The first-order chi connectivity index (χ1) is 20.4. The minimum atomic E-state index is 0.102. The Morgan fingerprint density at radius 3 is 2.37 bits per heavy atom. The number of para-hydroxylation sites is 3. The van der Waals surface area contributed by atoms with Crippen molar-refractivity contribution in [3.8, 4) is 11.1 Å². The van der Waals surface area contributed by atoms with Gasteiger partial charge in [0, 0.05) is 47.1 Å². The Balaban J connectivity index is 1.41. The summed E-state index contributed by atoms with van der Waals surface area (Å²) in [5.74, 6) is 0. The lowest BCUT2D eigenvalue weighted by Crippen LogP contribution is -2.57. The quantitative estimate of drug-likeness (QED) is 0.173. The molecular weight excluding hydrogens is 535 g/mol. The van der Waals surface area contributed by atoms with Gasteiger partial charge in [-0.15, -0.1) is 11.3 Å². The Labute approximate surface area is 244 Å². The van der Waals surface area contributed by atoms with Crippen molar-refractivity contribution in [1.29, 1.82) is 0 Å². The molecule has 2 nitrogen and oxygen atoms in total. The van der Waals surface area contributed by atoms with Gasteiger partial charge in [-0.25, -0.2) is 0 Å². The molecule has 8 aromatic rings. The predicted molar refractivity (Wildman–Crippen MR) is 177 cm³/mol. The van der Waals surface area contributed by atoms with Crippen molar-refractivity contribution in [3.05, 3.63) is 115 Å². The van der Waals surface area contributed by atoms with Crippen LogP contribution >= 0.6 is 23.1 Å². The maximum absolute atomic E-state index is 2.70. The van der Waals surface area contributed by atoms with Crippen LogP contribution in [-0.2, 0) is 0 Å². The number of rotatable bonds is 0. The molecule has 11 rings (SSSR count). The van der Waals surface area contributed by atoms with Gasteiger partial charge < -0.3 is 9.38 Å². The van der Waals surface area contributed by atoms with Crippen LogP contribution in [-0.4, -0.2) is 11.3 Å². The molecule has 0 saturated heterocycles. The van der Waals surface area contributed by atoms with Crippen LogP contribution in [0.15, 0.2) is 125 Å². The second kappa shape index (κ2) is 7.24. The molecular formula is C36H19BN2S2. The first-order valence-electron chi connectivity index (χ1n) is 14.1. The smallest absolute Gasteiger partial charge is 0.333 e. The average Bonchev–Trinajstić information content (AvgIpc) is 3.55. The molecule has 3 aliphatic rings. The van der Waals surface area contributed by atoms with Crippen molar-refractivity contribution in [3.63, 3.8) is 0 Å². The van der Waals surface area contributed by atoms with Gasteiger partial charge in [0.25, 0.3) is 0 Å². The molecule has 41 heavy (non-hydrogen) atoms. The second-order valence-electron chi connectivity index (χ2n) is 11.3. The summed E-state index contributed by atoms with van der Waals surface area (Å²) in [5.41, 5.74) is 10.8. The monoisotopic (exact) mass is 554 g/mol. The maximum Gasteiger partial charge on any atom is 0.333 e. The van der Waals surface area contributed by atoms with Gasteiger partial charge in [0.2, 0.25) is 0 Å². The highest BCUT2D eigenvalue weighted by Gasteiger charge is 2.46. The van der Waals surface area contributed by atoms with Gasteiger partial charge in [-0.3, -0.25) is 0 Å². The van der Waals surface area contributed by atoms with Crippen LogP contribution in [0.5, 0.6) is 0 Å². The Bertz CT molecular complexity index is 2490. The third-order valence-corrected chi connectivity index (χ3v) is 11.6. The third-order valence-electron chi connectivity index (χ3n) is 9.32. The molecule has 0 N–H and O–H groups in total. The van der Waals surface area contributed by atoms with Crippen molar-refractivity contribution in [2.45, 2.75) is 9.79 Å². The molecule has 0 spiro atoms. The number of hydrogen-bond donors (Lipinski definition) is 0. The van der Waals surface area contributed by atoms with Crippen LogP contribution < -0.4 is 15.8 Å². The van der Waals surface area contributed by atoms with Gasteiger partial charge in [-0.2, -0.15) is 0 Å². The zero-order chi connectivity index (χ0) is 26.4. The number of anilines is 3. The molecule has 0 fully saturated rings. The number of thiophene rings is 1. The number of fused-ring (bicyclic) bond motifs is 13. The van der Waals surface area contributed by atoms with E-state index in [1.54, 1.807) is 0 Å². The van der Waals surface area contributed by atoms with E-state index >= 15 is 0 Å². The molecule has 0 atom stereocenters. The molecule has 0 unspecified atom stereocenters. The van der Waals surface area contributed by atoms with Crippen LogP contribution in [0, 0.1) is 0 Å². The molecule has 2 aromatic heterocycles. The van der Waals surface area contributed by atoms with Crippen molar-refractivity contribution in [1.82, 2.24) is 4.48 Å². The van der Waals surface area contributed by atoms with Crippen molar-refractivity contribution >= 4 is 99.9 Å². The van der Waals surface area contributed by atoms with Gasteiger partial charge in [-0.1, -0.05) is 96.7 Å². The summed E-state index contributed by atoms with van der Waals surface area (Å²) in [6.07, 6.45) is 0. The maximum atomic E-state index is 2.70. The normalized spacial score (nSPS) is 14.1. The SMILES string of the molecule is c1ccc2c(c1)Sc1cccc3c1N2c1c2c(cc4ccccc14)-c1cccc4c5c6ccccc6sc5n(c14)B32. The van der Waals surface area contributed by atoms with Gasteiger partial charge in [0.05, 0.1) is 21.9 Å². The summed E-state index contributed by atoms with van der Waals surface area (Å²) in [4.78, 5) is 6.60. The second-order valence-corrected chi connectivity index (χ2v) is 13.4. The molecule has 0 aliphatic carbocycles.